The van der Waals surface area contributed by atoms with Crippen LogP contribution < -0.4 is 4.80 Å². The number of thiazole rings is 1. The van der Waals surface area contributed by atoms with Crippen molar-refractivity contribution in [2.24, 2.45) is 12.0 Å². The smallest absolute Gasteiger partial charge is 0.270 e. The zero-order chi connectivity index (χ0) is 15.6. The van der Waals surface area contributed by atoms with Crippen LogP contribution in [0.3, 0.4) is 0 Å². The van der Waals surface area contributed by atoms with E-state index in [9.17, 15) is 19.7 Å². The van der Waals surface area contributed by atoms with Crippen LogP contribution in [0, 0.1) is 10.1 Å². The Labute approximate surface area is 127 Å². The average molecular weight is 325 g/mol. The lowest BCUT2D eigenvalue weighted by atomic mass is 10.3. The van der Waals surface area contributed by atoms with Crippen LogP contribution in [0.5, 0.6) is 0 Å². The summed E-state index contributed by atoms with van der Waals surface area (Å²) in [5.74, 6) is -0.421. The van der Waals surface area contributed by atoms with Gasteiger partial charge in [0.2, 0.25) is 0 Å². The molecule has 0 saturated heterocycles. The zero-order valence-electron chi connectivity index (χ0n) is 11.2. The highest BCUT2D eigenvalue weighted by Gasteiger charge is 2.11. The van der Waals surface area contributed by atoms with Crippen molar-refractivity contribution in [3.8, 4) is 0 Å². The Morgan fingerprint density at radius 2 is 2.19 bits per heavy atom. The molecule has 0 radical (unpaired) electrons. The normalized spacial score (nSPS) is 11.8. The van der Waals surface area contributed by atoms with Gasteiger partial charge in [-0.25, -0.2) is 0 Å². The second-order valence-corrected chi connectivity index (χ2v) is 6.30. The number of hydrogen-bond acceptors (Lipinski definition) is 6. The number of aromatic nitrogens is 1. The second kappa shape index (κ2) is 6.19. The van der Waals surface area contributed by atoms with Crippen molar-refractivity contribution < 1.29 is 14.5 Å². The quantitative estimate of drug-likeness (QED) is 0.634. The molecule has 0 spiro atoms. The van der Waals surface area contributed by atoms with Crippen LogP contribution in [0.2, 0.25) is 0 Å². The number of aryl methyl sites for hydroxylation is 1. The van der Waals surface area contributed by atoms with Crippen molar-refractivity contribution >= 4 is 50.0 Å². The zero-order valence-corrected chi connectivity index (χ0v) is 12.9. The highest BCUT2D eigenvalue weighted by molar-refractivity contribution is 8.14. The standard InChI is InChI=1S/C12H11N3O4S2/c1-7(16)20-6-11(17)13-12-14(2)9-4-3-8(15(18)19)5-10(9)21-12/h3-5H,6H2,1-2H3. The summed E-state index contributed by atoms with van der Waals surface area (Å²) in [7, 11) is 1.73. The molecule has 110 valence electrons. The molecule has 0 aliphatic carbocycles. The maximum atomic E-state index is 11.7. The van der Waals surface area contributed by atoms with Crippen molar-refractivity contribution in [2.75, 3.05) is 5.75 Å². The van der Waals surface area contributed by atoms with Gasteiger partial charge in [-0.05, 0) is 6.07 Å². The van der Waals surface area contributed by atoms with Crippen molar-refractivity contribution in [2.45, 2.75) is 6.92 Å². The van der Waals surface area contributed by atoms with Crippen molar-refractivity contribution in [1.82, 2.24) is 4.57 Å². The monoisotopic (exact) mass is 325 g/mol. The third kappa shape index (κ3) is 3.56. The molecule has 0 unspecified atom stereocenters. The molecule has 1 heterocycles. The molecule has 0 bridgehead atoms. The van der Waals surface area contributed by atoms with Gasteiger partial charge in [0.1, 0.15) is 0 Å². The van der Waals surface area contributed by atoms with E-state index >= 15 is 0 Å². The molecule has 0 saturated carbocycles. The number of amides is 1. The first kappa shape index (κ1) is 15.4. The molecule has 0 fully saturated rings. The van der Waals surface area contributed by atoms with E-state index in [0.29, 0.717) is 9.50 Å². The van der Waals surface area contributed by atoms with Crippen LogP contribution in [0.15, 0.2) is 23.2 Å². The van der Waals surface area contributed by atoms with Gasteiger partial charge in [-0.3, -0.25) is 19.7 Å². The van der Waals surface area contributed by atoms with Crippen LogP contribution in [0.1, 0.15) is 6.92 Å². The molecule has 0 atom stereocenters. The molecular weight excluding hydrogens is 314 g/mol. The highest BCUT2D eigenvalue weighted by Crippen LogP contribution is 2.22. The van der Waals surface area contributed by atoms with Crippen LogP contribution in [0.4, 0.5) is 5.69 Å². The molecule has 21 heavy (non-hydrogen) atoms. The maximum Gasteiger partial charge on any atom is 0.270 e. The number of benzene rings is 1. The van der Waals surface area contributed by atoms with Crippen molar-refractivity contribution in [3.05, 3.63) is 33.1 Å². The van der Waals surface area contributed by atoms with E-state index < -0.39 is 10.8 Å². The second-order valence-electron chi connectivity index (χ2n) is 4.14. The number of thioether (sulfide) groups is 1. The summed E-state index contributed by atoms with van der Waals surface area (Å²) in [6, 6.07) is 4.48. The molecule has 1 amide bonds. The summed E-state index contributed by atoms with van der Waals surface area (Å²) in [6.07, 6.45) is 0. The van der Waals surface area contributed by atoms with E-state index in [2.05, 4.69) is 4.99 Å². The minimum atomic E-state index is -0.468. The number of carbonyl (C=O) groups excluding carboxylic acids is 2. The fraction of sp³-hybridized carbons (Fsp3) is 0.250. The third-order valence-corrected chi connectivity index (χ3v) is 4.52. The Morgan fingerprint density at radius 1 is 1.48 bits per heavy atom. The minimum absolute atomic E-state index is 0.00522. The van der Waals surface area contributed by atoms with E-state index in [1.165, 1.54) is 30.4 Å². The Morgan fingerprint density at radius 3 is 2.81 bits per heavy atom. The lowest BCUT2D eigenvalue weighted by molar-refractivity contribution is -0.384. The third-order valence-electron chi connectivity index (χ3n) is 2.62. The molecule has 2 rings (SSSR count). The lowest BCUT2D eigenvalue weighted by Crippen LogP contribution is -2.14. The number of carbonyl (C=O) groups is 2. The minimum Gasteiger partial charge on any atom is -0.319 e. The predicted octanol–water partition coefficient (Wildman–Crippen LogP) is 1.85. The number of nitrogens with zero attached hydrogens (tertiary/aromatic N) is 3. The topological polar surface area (TPSA) is 94.6 Å². The molecule has 0 aliphatic rings. The molecule has 0 N–H and O–H groups in total. The molecule has 9 heteroatoms. The van der Waals surface area contributed by atoms with Gasteiger partial charge < -0.3 is 4.57 Å². The lowest BCUT2D eigenvalue weighted by Gasteiger charge is -1.95. The van der Waals surface area contributed by atoms with E-state index in [-0.39, 0.29) is 16.6 Å². The van der Waals surface area contributed by atoms with Crippen molar-refractivity contribution in [3.63, 3.8) is 0 Å². The summed E-state index contributed by atoms with van der Waals surface area (Å²) >= 11 is 2.10. The summed E-state index contributed by atoms with van der Waals surface area (Å²) in [5, 5.41) is 10.6. The largest absolute Gasteiger partial charge is 0.319 e. The Kier molecular flexibility index (Phi) is 4.53. The van der Waals surface area contributed by atoms with E-state index in [1.807, 2.05) is 0 Å². The first-order chi connectivity index (χ1) is 9.88. The first-order valence-electron chi connectivity index (χ1n) is 5.83. The van der Waals surface area contributed by atoms with Crippen LogP contribution >= 0.6 is 23.1 Å². The first-order valence-corrected chi connectivity index (χ1v) is 7.63. The Bertz CT molecular complexity index is 806. The van der Waals surface area contributed by atoms with Crippen molar-refractivity contribution in [1.29, 1.82) is 0 Å². The SMILES string of the molecule is CC(=O)SCC(=O)N=c1sc2cc([N+](=O)[O-])ccc2n1C. The molecule has 2 aromatic rings. The van der Waals surface area contributed by atoms with Gasteiger partial charge in [0.25, 0.3) is 11.6 Å². The molecule has 1 aromatic heterocycles. The van der Waals surface area contributed by atoms with Crippen LogP contribution in [-0.4, -0.2) is 26.3 Å². The molecule has 1 aromatic carbocycles. The Balaban J connectivity index is 2.40. The van der Waals surface area contributed by atoms with Gasteiger partial charge in [-0.15, -0.1) is 0 Å². The van der Waals surface area contributed by atoms with Gasteiger partial charge in [0.05, 0.1) is 20.9 Å². The molecule has 7 nitrogen and oxygen atoms in total. The number of fused-ring (bicyclic) bond motifs is 1. The Hall–Kier alpha value is -2.00. The fourth-order valence-electron chi connectivity index (χ4n) is 1.65. The van der Waals surface area contributed by atoms with Gasteiger partial charge in [-0.2, -0.15) is 4.99 Å². The highest BCUT2D eigenvalue weighted by atomic mass is 32.2. The number of non-ortho nitro benzene ring substituents is 1. The molecule has 0 aliphatic heterocycles. The summed E-state index contributed by atoms with van der Waals surface area (Å²) in [4.78, 5) is 37.2. The molecular formula is C12H11N3O4S2. The summed E-state index contributed by atoms with van der Waals surface area (Å²) in [5.41, 5.74) is 0.755. The number of rotatable bonds is 3. The summed E-state index contributed by atoms with van der Waals surface area (Å²) in [6.45, 7) is 1.39. The van der Waals surface area contributed by atoms with Gasteiger partial charge in [0, 0.05) is 26.1 Å². The van der Waals surface area contributed by atoms with Crippen LogP contribution in [-0.2, 0) is 16.6 Å². The average Bonchev–Trinajstić information content (AvgIpc) is 2.72. The van der Waals surface area contributed by atoms with Gasteiger partial charge in [0.15, 0.2) is 9.92 Å². The number of nitro groups is 1. The van der Waals surface area contributed by atoms with E-state index in [0.717, 1.165) is 17.3 Å². The van der Waals surface area contributed by atoms with Crippen LogP contribution in [0.25, 0.3) is 10.2 Å². The van der Waals surface area contributed by atoms with Gasteiger partial charge >= 0.3 is 0 Å². The number of hydrogen-bond donors (Lipinski definition) is 0. The predicted molar refractivity (Wildman–Crippen MR) is 81.2 cm³/mol. The number of nitro benzene ring substituents is 1. The fourth-order valence-corrected chi connectivity index (χ4v) is 3.11. The van der Waals surface area contributed by atoms with E-state index in [1.54, 1.807) is 17.7 Å². The van der Waals surface area contributed by atoms with Gasteiger partial charge in [-0.1, -0.05) is 23.1 Å². The van der Waals surface area contributed by atoms with E-state index in [4.69, 9.17) is 0 Å². The maximum absolute atomic E-state index is 11.7. The summed E-state index contributed by atoms with van der Waals surface area (Å²) < 4.78 is 2.37.